The molecule has 0 aromatic heterocycles. The fraction of sp³-hybridized carbons (Fsp3) is 0.409. The Bertz CT molecular complexity index is 893. The molecule has 3 rings (SSSR count). The SMILES string of the molecule is Cc1cc(C(=O)NC[C@@H](c2ccc(N(C)C)cc2)N2CCOCC2)ccc1[N+](=O)[O-]. The lowest BCUT2D eigenvalue weighted by molar-refractivity contribution is -0.385. The Morgan fingerprint density at radius 1 is 1.20 bits per heavy atom. The van der Waals surface area contributed by atoms with Crippen LogP contribution in [0.2, 0.25) is 0 Å². The Balaban J connectivity index is 1.75. The summed E-state index contributed by atoms with van der Waals surface area (Å²) in [7, 11) is 4.00. The Morgan fingerprint density at radius 3 is 2.43 bits per heavy atom. The molecule has 1 N–H and O–H groups in total. The molecular weight excluding hydrogens is 384 g/mol. The molecule has 0 radical (unpaired) electrons. The van der Waals surface area contributed by atoms with Gasteiger partial charge in [0.05, 0.1) is 24.2 Å². The van der Waals surface area contributed by atoms with E-state index < -0.39 is 4.92 Å². The number of aryl methyl sites for hydroxylation is 1. The van der Waals surface area contributed by atoms with Gasteiger partial charge in [0.1, 0.15) is 0 Å². The van der Waals surface area contributed by atoms with Crippen molar-refractivity contribution in [3.63, 3.8) is 0 Å². The molecular formula is C22H28N4O4. The molecule has 0 saturated carbocycles. The number of rotatable bonds is 7. The maximum Gasteiger partial charge on any atom is 0.272 e. The minimum atomic E-state index is -0.442. The number of nitro groups is 1. The van der Waals surface area contributed by atoms with Gasteiger partial charge in [0.15, 0.2) is 0 Å². The molecule has 1 atom stereocenters. The highest BCUT2D eigenvalue weighted by atomic mass is 16.6. The molecule has 2 aromatic rings. The number of nitro benzene ring substituents is 1. The van der Waals surface area contributed by atoms with E-state index in [1.807, 2.05) is 19.0 Å². The summed E-state index contributed by atoms with van der Waals surface area (Å²) < 4.78 is 5.48. The van der Waals surface area contributed by atoms with Crippen LogP contribution in [0.25, 0.3) is 0 Å². The van der Waals surface area contributed by atoms with Crippen LogP contribution in [0.5, 0.6) is 0 Å². The quantitative estimate of drug-likeness (QED) is 0.556. The average Bonchev–Trinajstić information content (AvgIpc) is 2.74. The van der Waals surface area contributed by atoms with Gasteiger partial charge in [-0.3, -0.25) is 19.8 Å². The van der Waals surface area contributed by atoms with Crippen molar-refractivity contribution in [3.8, 4) is 0 Å². The summed E-state index contributed by atoms with van der Waals surface area (Å²) in [5.74, 6) is -0.240. The van der Waals surface area contributed by atoms with Crippen molar-refractivity contribution in [1.29, 1.82) is 0 Å². The van der Waals surface area contributed by atoms with Crippen LogP contribution in [-0.4, -0.2) is 62.7 Å². The van der Waals surface area contributed by atoms with Gasteiger partial charge in [0.2, 0.25) is 0 Å². The molecule has 0 spiro atoms. The van der Waals surface area contributed by atoms with Gasteiger partial charge in [-0.05, 0) is 36.8 Å². The van der Waals surface area contributed by atoms with Crippen molar-refractivity contribution in [2.75, 3.05) is 51.8 Å². The first-order valence-corrected chi connectivity index (χ1v) is 9.99. The lowest BCUT2D eigenvalue weighted by Crippen LogP contribution is -2.43. The number of benzene rings is 2. The zero-order valence-corrected chi connectivity index (χ0v) is 17.6. The highest BCUT2D eigenvalue weighted by Crippen LogP contribution is 2.24. The zero-order chi connectivity index (χ0) is 21.7. The number of anilines is 1. The molecule has 0 unspecified atom stereocenters. The van der Waals surface area contributed by atoms with Gasteiger partial charge in [0.25, 0.3) is 11.6 Å². The van der Waals surface area contributed by atoms with Crippen molar-refractivity contribution < 1.29 is 14.5 Å². The Morgan fingerprint density at radius 2 is 1.87 bits per heavy atom. The number of nitrogens with zero attached hydrogens (tertiary/aromatic N) is 3. The Kier molecular flexibility index (Phi) is 7.02. The van der Waals surface area contributed by atoms with E-state index in [0.29, 0.717) is 30.9 Å². The second-order valence-electron chi connectivity index (χ2n) is 7.62. The predicted octanol–water partition coefficient (Wildman–Crippen LogP) is 2.77. The zero-order valence-electron chi connectivity index (χ0n) is 17.6. The first kappa shape index (κ1) is 21.7. The normalized spacial score (nSPS) is 15.4. The van der Waals surface area contributed by atoms with Crippen molar-refractivity contribution in [2.24, 2.45) is 0 Å². The minimum Gasteiger partial charge on any atom is -0.379 e. The van der Waals surface area contributed by atoms with Gasteiger partial charge in [-0.1, -0.05) is 12.1 Å². The summed E-state index contributed by atoms with van der Waals surface area (Å²) in [6.45, 7) is 5.01. The van der Waals surface area contributed by atoms with Crippen LogP contribution >= 0.6 is 0 Å². The number of morpholine rings is 1. The number of ether oxygens (including phenoxy) is 1. The molecule has 1 heterocycles. The van der Waals surface area contributed by atoms with E-state index >= 15 is 0 Å². The molecule has 1 aliphatic heterocycles. The largest absolute Gasteiger partial charge is 0.379 e. The lowest BCUT2D eigenvalue weighted by atomic mass is 10.0. The lowest BCUT2D eigenvalue weighted by Gasteiger charge is -2.35. The molecule has 1 amide bonds. The summed E-state index contributed by atoms with van der Waals surface area (Å²) in [6.07, 6.45) is 0. The van der Waals surface area contributed by atoms with Crippen molar-refractivity contribution in [2.45, 2.75) is 13.0 Å². The monoisotopic (exact) mass is 412 g/mol. The molecule has 160 valence electrons. The van der Waals surface area contributed by atoms with Gasteiger partial charge < -0.3 is 15.0 Å². The van der Waals surface area contributed by atoms with E-state index in [0.717, 1.165) is 24.3 Å². The highest BCUT2D eigenvalue weighted by Gasteiger charge is 2.24. The van der Waals surface area contributed by atoms with Crippen LogP contribution in [0, 0.1) is 17.0 Å². The van der Waals surface area contributed by atoms with Crippen LogP contribution in [0.3, 0.4) is 0 Å². The summed E-state index contributed by atoms with van der Waals surface area (Å²) in [4.78, 5) is 27.6. The van der Waals surface area contributed by atoms with E-state index in [-0.39, 0.29) is 17.6 Å². The smallest absolute Gasteiger partial charge is 0.272 e. The number of nitrogens with one attached hydrogen (secondary N) is 1. The number of hydrogen-bond acceptors (Lipinski definition) is 6. The number of carbonyl (C=O) groups is 1. The number of carbonyl (C=O) groups excluding carboxylic acids is 1. The van der Waals surface area contributed by atoms with Gasteiger partial charge in [0, 0.05) is 56.6 Å². The van der Waals surface area contributed by atoms with Gasteiger partial charge >= 0.3 is 0 Å². The molecule has 8 nitrogen and oxygen atoms in total. The Hall–Kier alpha value is -2.97. The molecule has 8 heteroatoms. The Labute approximate surface area is 176 Å². The number of amides is 1. The van der Waals surface area contributed by atoms with Crippen molar-refractivity contribution >= 4 is 17.3 Å². The van der Waals surface area contributed by atoms with E-state index in [2.05, 4.69) is 34.5 Å². The predicted molar refractivity (Wildman–Crippen MR) is 116 cm³/mol. The van der Waals surface area contributed by atoms with Gasteiger partial charge in [-0.15, -0.1) is 0 Å². The van der Waals surface area contributed by atoms with Crippen molar-refractivity contribution in [3.05, 3.63) is 69.3 Å². The molecule has 2 aromatic carbocycles. The third kappa shape index (κ3) is 5.14. The topological polar surface area (TPSA) is 88.0 Å². The third-order valence-corrected chi connectivity index (χ3v) is 5.39. The summed E-state index contributed by atoms with van der Waals surface area (Å²) >= 11 is 0. The van der Waals surface area contributed by atoms with E-state index in [9.17, 15) is 14.9 Å². The van der Waals surface area contributed by atoms with Gasteiger partial charge in [-0.25, -0.2) is 0 Å². The molecule has 1 fully saturated rings. The summed E-state index contributed by atoms with van der Waals surface area (Å²) in [5.41, 5.74) is 3.14. The van der Waals surface area contributed by atoms with Gasteiger partial charge in [-0.2, -0.15) is 0 Å². The molecule has 0 bridgehead atoms. The van der Waals surface area contributed by atoms with Crippen LogP contribution in [0.15, 0.2) is 42.5 Å². The fourth-order valence-electron chi connectivity index (χ4n) is 3.63. The summed E-state index contributed by atoms with van der Waals surface area (Å²) in [5, 5.41) is 14.0. The molecule has 0 aliphatic carbocycles. The van der Waals surface area contributed by atoms with Crippen LogP contribution in [0.4, 0.5) is 11.4 Å². The first-order chi connectivity index (χ1) is 14.4. The van der Waals surface area contributed by atoms with Crippen LogP contribution in [0.1, 0.15) is 27.5 Å². The average molecular weight is 412 g/mol. The maximum atomic E-state index is 12.7. The minimum absolute atomic E-state index is 0.0127. The number of hydrogen-bond donors (Lipinski definition) is 1. The second kappa shape index (κ2) is 9.69. The molecule has 1 aliphatic rings. The van der Waals surface area contributed by atoms with Crippen molar-refractivity contribution in [1.82, 2.24) is 10.2 Å². The summed E-state index contributed by atoms with van der Waals surface area (Å²) in [6, 6.07) is 12.8. The maximum absolute atomic E-state index is 12.7. The van der Waals surface area contributed by atoms with E-state index in [1.54, 1.807) is 13.0 Å². The highest BCUT2D eigenvalue weighted by molar-refractivity contribution is 5.94. The molecule has 1 saturated heterocycles. The van der Waals surface area contributed by atoms with E-state index in [4.69, 9.17) is 4.74 Å². The fourth-order valence-corrected chi connectivity index (χ4v) is 3.63. The van der Waals surface area contributed by atoms with E-state index in [1.165, 1.54) is 12.1 Å². The first-order valence-electron chi connectivity index (χ1n) is 9.99. The molecule has 30 heavy (non-hydrogen) atoms. The standard InChI is InChI=1S/C22H28N4O4/c1-16-14-18(6-9-20(16)26(28)29)22(27)23-15-21(25-10-12-30-13-11-25)17-4-7-19(8-5-17)24(2)3/h4-9,14,21H,10-13,15H2,1-3H3,(H,23,27)/t21-/m0/s1. The third-order valence-electron chi connectivity index (χ3n) is 5.39. The van der Waals surface area contributed by atoms with Crippen LogP contribution in [-0.2, 0) is 4.74 Å². The second-order valence-corrected chi connectivity index (χ2v) is 7.62. The van der Waals surface area contributed by atoms with Crippen LogP contribution < -0.4 is 10.2 Å².